The van der Waals surface area contributed by atoms with Gasteiger partial charge in [-0.05, 0) is 6.92 Å². The van der Waals surface area contributed by atoms with E-state index in [0.717, 1.165) is 5.33 Å². The van der Waals surface area contributed by atoms with Crippen molar-refractivity contribution in [3.8, 4) is 0 Å². The van der Waals surface area contributed by atoms with Gasteiger partial charge in [0.05, 0.1) is 0 Å². The summed E-state index contributed by atoms with van der Waals surface area (Å²) in [6, 6.07) is 0. The summed E-state index contributed by atoms with van der Waals surface area (Å²) in [5.74, 6) is 0. The largest absolute Gasteiger partial charge is 0.0988 e. The molecule has 0 spiro atoms. The third-order valence-corrected chi connectivity index (χ3v) is 1.04. The maximum absolute atomic E-state index is 3.59. The van der Waals surface area contributed by atoms with Crippen molar-refractivity contribution in [2.45, 2.75) is 6.92 Å². The highest BCUT2D eigenvalue weighted by Crippen LogP contribution is 1.93. The maximum Gasteiger partial charge on any atom is 0.0217 e. The molecule has 0 aliphatic rings. The van der Waals surface area contributed by atoms with Crippen LogP contribution in [0.25, 0.3) is 0 Å². The van der Waals surface area contributed by atoms with Gasteiger partial charge in [-0.25, -0.2) is 0 Å². The van der Waals surface area contributed by atoms with E-state index in [2.05, 4.69) is 28.6 Å². The van der Waals surface area contributed by atoms with E-state index in [4.69, 9.17) is 0 Å². The van der Waals surface area contributed by atoms with Gasteiger partial charge in [0.1, 0.15) is 0 Å². The van der Waals surface area contributed by atoms with Crippen molar-refractivity contribution < 1.29 is 0 Å². The maximum atomic E-state index is 3.59. The van der Waals surface area contributed by atoms with Crippen LogP contribution in [-0.4, -0.2) is 5.33 Å². The van der Waals surface area contributed by atoms with E-state index in [-0.39, 0.29) is 0 Å². The lowest BCUT2D eigenvalue weighted by molar-refractivity contribution is 1.50. The van der Waals surface area contributed by atoms with E-state index in [9.17, 15) is 0 Å². The molecule has 0 atom stereocenters. The Labute approximate surface area is 53.1 Å². The molecule has 0 unspecified atom stereocenters. The average Bonchev–Trinajstić information content (AvgIpc) is 1.68. The van der Waals surface area contributed by atoms with Crippen molar-refractivity contribution in [2.24, 2.45) is 0 Å². The first-order valence-electron chi connectivity index (χ1n) is 2.16. The fourth-order valence-electron chi connectivity index (χ4n) is 0.205. The number of halogens is 1. The van der Waals surface area contributed by atoms with Crippen molar-refractivity contribution in [3.63, 3.8) is 0 Å². The molecule has 0 saturated heterocycles. The van der Waals surface area contributed by atoms with Crippen molar-refractivity contribution in [2.75, 3.05) is 5.33 Å². The summed E-state index contributed by atoms with van der Waals surface area (Å²) in [6.07, 6.45) is 3.90. The molecule has 0 radical (unpaired) electrons. The summed E-state index contributed by atoms with van der Waals surface area (Å²) < 4.78 is 0. The SMILES string of the molecule is C=C/C(C)=C\CBr. The minimum absolute atomic E-state index is 0.921. The third kappa shape index (κ3) is 3.80. The Bertz CT molecular complexity index is 82.2. The number of alkyl halides is 1. The Hall–Kier alpha value is -0.0400. The molecule has 0 heterocycles. The molecule has 0 bridgehead atoms. The van der Waals surface area contributed by atoms with Gasteiger partial charge in [0.2, 0.25) is 0 Å². The van der Waals surface area contributed by atoms with Crippen LogP contribution in [0.4, 0.5) is 0 Å². The fraction of sp³-hybridized carbons (Fsp3) is 0.333. The highest BCUT2D eigenvalue weighted by molar-refractivity contribution is 9.09. The second-order valence-corrected chi connectivity index (χ2v) is 1.95. The lowest BCUT2D eigenvalue weighted by atomic mass is 10.3. The topological polar surface area (TPSA) is 0 Å². The zero-order chi connectivity index (χ0) is 5.70. The van der Waals surface area contributed by atoms with Crippen LogP contribution in [0.15, 0.2) is 24.3 Å². The first-order valence-corrected chi connectivity index (χ1v) is 3.28. The van der Waals surface area contributed by atoms with Crippen LogP contribution in [0.1, 0.15) is 6.92 Å². The van der Waals surface area contributed by atoms with E-state index < -0.39 is 0 Å². The van der Waals surface area contributed by atoms with E-state index in [1.807, 2.05) is 13.0 Å². The molecule has 0 aromatic heterocycles. The normalized spacial score (nSPS) is 11.4. The number of hydrogen-bond donors (Lipinski definition) is 0. The monoisotopic (exact) mass is 160 g/mol. The summed E-state index contributed by atoms with van der Waals surface area (Å²) in [5.41, 5.74) is 1.22. The Morgan fingerprint density at radius 1 is 1.86 bits per heavy atom. The summed E-state index contributed by atoms with van der Waals surface area (Å²) in [7, 11) is 0. The predicted octanol–water partition coefficient (Wildman–Crippen LogP) is 2.51. The lowest BCUT2D eigenvalue weighted by Gasteiger charge is -1.82. The molecule has 0 aliphatic heterocycles. The smallest absolute Gasteiger partial charge is 0.0217 e. The molecule has 0 amide bonds. The standard InChI is InChI=1S/C6H9Br/c1-3-6(2)4-5-7/h3-4H,1,5H2,2H3/b6-4-. The van der Waals surface area contributed by atoms with Crippen molar-refractivity contribution >= 4 is 15.9 Å². The molecule has 0 aliphatic carbocycles. The van der Waals surface area contributed by atoms with E-state index >= 15 is 0 Å². The van der Waals surface area contributed by atoms with E-state index in [1.165, 1.54) is 5.57 Å². The van der Waals surface area contributed by atoms with Crippen LogP contribution in [0.5, 0.6) is 0 Å². The summed E-state index contributed by atoms with van der Waals surface area (Å²) in [5, 5.41) is 0.921. The molecule has 7 heavy (non-hydrogen) atoms. The van der Waals surface area contributed by atoms with Gasteiger partial charge in [0.15, 0.2) is 0 Å². The van der Waals surface area contributed by atoms with Crippen LogP contribution in [-0.2, 0) is 0 Å². The molecule has 0 aromatic carbocycles. The summed E-state index contributed by atoms with van der Waals surface area (Å²) >= 11 is 3.27. The van der Waals surface area contributed by atoms with Crippen molar-refractivity contribution in [3.05, 3.63) is 24.3 Å². The number of rotatable bonds is 2. The molecule has 0 aromatic rings. The Kier molecular flexibility index (Phi) is 4.10. The Morgan fingerprint density at radius 2 is 2.43 bits per heavy atom. The number of hydrogen-bond acceptors (Lipinski definition) is 0. The predicted molar refractivity (Wildman–Crippen MR) is 37.7 cm³/mol. The van der Waals surface area contributed by atoms with Gasteiger partial charge in [-0.3, -0.25) is 0 Å². The van der Waals surface area contributed by atoms with Gasteiger partial charge in [-0.1, -0.05) is 40.2 Å². The first-order chi connectivity index (χ1) is 3.31. The van der Waals surface area contributed by atoms with Crippen LogP contribution >= 0.6 is 15.9 Å². The van der Waals surface area contributed by atoms with Crippen LogP contribution in [0.2, 0.25) is 0 Å². The zero-order valence-electron chi connectivity index (χ0n) is 4.45. The first kappa shape index (κ1) is 6.96. The second-order valence-electron chi connectivity index (χ2n) is 1.31. The fourth-order valence-corrected chi connectivity index (χ4v) is 0.716. The average molecular weight is 161 g/mol. The molecule has 0 rings (SSSR count). The molecule has 40 valence electrons. The lowest BCUT2D eigenvalue weighted by Crippen LogP contribution is -1.65. The second kappa shape index (κ2) is 4.13. The zero-order valence-corrected chi connectivity index (χ0v) is 6.03. The summed E-state index contributed by atoms with van der Waals surface area (Å²) in [4.78, 5) is 0. The Balaban J connectivity index is 3.49. The molecule has 0 saturated carbocycles. The van der Waals surface area contributed by atoms with Gasteiger partial charge >= 0.3 is 0 Å². The highest BCUT2D eigenvalue weighted by Gasteiger charge is 1.72. The van der Waals surface area contributed by atoms with Crippen LogP contribution < -0.4 is 0 Å². The molecular formula is C6H9Br. The molecule has 0 nitrogen and oxygen atoms in total. The van der Waals surface area contributed by atoms with E-state index in [1.54, 1.807) is 0 Å². The van der Waals surface area contributed by atoms with E-state index in [0.29, 0.717) is 0 Å². The van der Waals surface area contributed by atoms with Gasteiger partial charge in [-0.2, -0.15) is 0 Å². The molecule has 0 N–H and O–H groups in total. The molecule has 0 fully saturated rings. The van der Waals surface area contributed by atoms with Gasteiger partial charge in [0.25, 0.3) is 0 Å². The minimum atomic E-state index is 0.921. The van der Waals surface area contributed by atoms with Gasteiger partial charge < -0.3 is 0 Å². The van der Waals surface area contributed by atoms with Crippen molar-refractivity contribution in [1.82, 2.24) is 0 Å². The molecule has 1 heteroatoms. The van der Waals surface area contributed by atoms with Crippen LogP contribution in [0.3, 0.4) is 0 Å². The third-order valence-electron chi connectivity index (χ3n) is 0.721. The number of allylic oxidation sites excluding steroid dienone is 3. The van der Waals surface area contributed by atoms with Gasteiger partial charge in [-0.15, -0.1) is 0 Å². The molecular weight excluding hydrogens is 152 g/mol. The minimum Gasteiger partial charge on any atom is -0.0988 e. The Morgan fingerprint density at radius 3 is 2.57 bits per heavy atom. The highest BCUT2D eigenvalue weighted by atomic mass is 79.9. The van der Waals surface area contributed by atoms with Crippen LogP contribution in [0, 0.1) is 0 Å². The summed E-state index contributed by atoms with van der Waals surface area (Å²) in [6.45, 7) is 5.61. The van der Waals surface area contributed by atoms with Crippen molar-refractivity contribution in [1.29, 1.82) is 0 Å². The van der Waals surface area contributed by atoms with Gasteiger partial charge in [0, 0.05) is 5.33 Å². The quantitative estimate of drug-likeness (QED) is 0.431.